The predicted molar refractivity (Wildman–Crippen MR) is 92.7 cm³/mol. The molecule has 0 aromatic heterocycles. The van der Waals surface area contributed by atoms with Crippen LogP contribution < -0.4 is 10.6 Å². The van der Waals surface area contributed by atoms with Crippen molar-refractivity contribution >= 4 is 21.7 Å². The first-order valence-electron chi connectivity index (χ1n) is 7.72. The van der Waals surface area contributed by atoms with Gasteiger partial charge in [0.2, 0.25) is 5.91 Å². The zero-order valence-electron chi connectivity index (χ0n) is 14.5. The van der Waals surface area contributed by atoms with Crippen LogP contribution in [0.4, 0.5) is 0 Å². The molecule has 0 aliphatic rings. The van der Waals surface area contributed by atoms with E-state index in [1.54, 1.807) is 0 Å². The van der Waals surface area contributed by atoms with Crippen LogP contribution in [0.25, 0.3) is 0 Å². The lowest BCUT2D eigenvalue weighted by atomic mass is 10.2. The molecule has 1 aromatic rings. The molecule has 0 radical (unpaired) electrons. The van der Waals surface area contributed by atoms with E-state index in [-0.39, 0.29) is 16.8 Å². The molecule has 0 aliphatic carbocycles. The highest BCUT2D eigenvalue weighted by molar-refractivity contribution is 7.92. The minimum atomic E-state index is -3.71. The van der Waals surface area contributed by atoms with E-state index in [2.05, 4.69) is 10.6 Å². The van der Waals surface area contributed by atoms with Crippen molar-refractivity contribution in [3.8, 4) is 0 Å². The second kappa shape index (κ2) is 8.79. The Morgan fingerprint density at radius 3 is 2.25 bits per heavy atom. The van der Waals surface area contributed by atoms with Gasteiger partial charge in [0.25, 0.3) is 5.91 Å². The van der Waals surface area contributed by atoms with Crippen molar-refractivity contribution in [1.29, 1.82) is 0 Å². The van der Waals surface area contributed by atoms with Gasteiger partial charge in [0.05, 0.1) is 4.90 Å². The highest BCUT2D eigenvalue weighted by Crippen LogP contribution is 2.13. The Morgan fingerprint density at radius 1 is 1.17 bits per heavy atom. The lowest BCUT2D eigenvalue weighted by Crippen LogP contribution is -2.38. The van der Waals surface area contributed by atoms with Crippen molar-refractivity contribution in [2.24, 2.45) is 0 Å². The van der Waals surface area contributed by atoms with Gasteiger partial charge in [-0.3, -0.25) is 9.59 Å². The summed E-state index contributed by atoms with van der Waals surface area (Å²) >= 11 is 0. The van der Waals surface area contributed by atoms with Crippen LogP contribution in [-0.4, -0.2) is 64.1 Å². The number of benzene rings is 1. The molecule has 1 rings (SSSR count). The number of carbonyl (C=O) groups is 2. The van der Waals surface area contributed by atoms with E-state index in [0.29, 0.717) is 12.1 Å². The molecule has 1 atom stereocenters. The van der Waals surface area contributed by atoms with Crippen molar-refractivity contribution in [3.63, 3.8) is 0 Å². The maximum absolute atomic E-state index is 12.2. The fourth-order valence-electron chi connectivity index (χ4n) is 1.96. The number of rotatable bonds is 8. The summed E-state index contributed by atoms with van der Waals surface area (Å²) in [5.74, 6) is -1.35. The largest absolute Gasteiger partial charge is 0.350 e. The van der Waals surface area contributed by atoms with Crippen molar-refractivity contribution in [1.82, 2.24) is 15.5 Å². The van der Waals surface area contributed by atoms with Gasteiger partial charge in [-0.05, 0) is 37.7 Å². The van der Waals surface area contributed by atoms with Gasteiger partial charge in [0.15, 0.2) is 9.84 Å². The van der Waals surface area contributed by atoms with E-state index < -0.39 is 21.5 Å². The molecule has 24 heavy (non-hydrogen) atoms. The molecule has 0 bridgehead atoms. The molecule has 7 nitrogen and oxygen atoms in total. The molecule has 0 spiro atoms. The smallest absolute Gasteiger partial charge is 0.251 e. The van der Waals surface area contributed by atoms with E-state index in [9.17, 15) is 18.0 Å². The number of hydrogen-bond donors (Lipinski definition) is 2. The second-order valence-corrected chi connectivity index (χ2v) is 7.73. The Labute approximate surface area is 143 Å². The maximum atomic E-state index is 12.2. The van der Waals surface area contributed by atoms with E-state index in [0.717, 1.165) is 6.54 Å². The number of sulfone groups is 1. The first-order chi connectivity index (χ1) is 11.2. The number of amides is 2. The Morgan fingerprint density at radius 2 is 1.75 bits per heavy atom. The quantitative estimate of drug-likeness (QED) is 0.698. The molecule has 8 heteroatoms. The molecule has 134 valence electrons. The molecule has 0 saturated carbocycles. The van der Waals surface area contributed by atoms with Gasteiger partial charge in [0.1, 0.15) is 5.75 Å². The minimum absolute atomic E-state index is 0.0234. The lowest BCUT2D eigenvalue weighted by molar-refractivity contribution is -0.125. The van der Waals surface area contributed by atoms with Gasteiger partial charge < -0.3 is 15.5 Å². The van der Waals surface area contributed by atoms with Crippen LogP contribution in [0.3, 0.4) is 0 Å². The van der Waals surface area contributed by atoms with Gasteiger partial charge >= 0.3 is 0 Å². The summed E-state index contributed by atoms with van der Waals surface area (Å²) in [6, 6.07) is 5.73. The minimum Gasteiger partial charge on any atom is -0.350 e. The third-order valence-electron chi connectivity index (χ3n) is 3.41. The van der Waals surface area contributed by atoms with Crippen LogP contribution in [0.2, 0.25) is 0 Å². The highest BCUT2D eigenvalue weighted by atomic mass is 32.2. The topological polar surface area (TPSA) is 95.6 Å². The zero-order chi connectivity index (χ0) is 18.3. The van der Waals surface area contributed by atoms with Crippen LogP contribution in [0.15, 0.2) is 29.2 Å². The normalized spacial score (nSPS) is 12.5. The number of likely N-dealkylation sites (N-methyl/N-ethyl adjacent to an activating group) is 1. The van der Waals surface area contributed by atoms with Crippen LogP contribution >= 0.6 is 0 Å². The predicted octanol–water partition coefficient (Wildman–Crippen LogP) is 0.276. The Kier molecular flexibility index (Phi) is 7.37. The zero-order valence-corrected chi connectivity index (χ0v) is 15.3. The van der Waals surface area contributed by atoms with Crippen molar-refractivity contribution in [2.45, 2.75) is 24.8 Å². The molecule has 0 heterocycles. The van der Waals surface area contributed by atoms with Gasteiger partial charge in [-0.25, -0.2) is 8.42 Å². The fourth-order valence-corrected chi connectivity index (χ4v) is 3.26. The third-order valence-corrected chi connectivity index (χ3v) is 5.03. The molecule has 0 unspecified atom stereocenters. The van der Waals surface area contributed by atoms with Gasteiger partial charge in [-0.2, -0.15) is 0 Å². The number of hydrogen-bond acceptors (Lipinski definition) is 5. The molecule has 1 aromatic carbocycles. The van der Waals surface area contributed by atoms with E-state index in [1.165, 1.54) is 43.3 Å². The van der Waals surface area contributed by atoms with Crippen LogP contribution in [0, 0.1) is 0 Å². The summed E-state index contributed by atoms with van der Waals surface area (Å²) in [7, 11) is -0.714. The van der Waals surface area contributed by atoms with Crippen LogP contribution in [0.5, 0.6) is 0 Å². The lowest BCUT2D eigenvalue weighted by Gasteiger charge is -2.13. The second-order valence-electron chi connectivity index (χ2n) is 5.74. The summed E-state index contributed by atoms with van der Waals surface area (Å²) in [6.45, 7) is 5.24. The Hall–Kier alpha value is -1.93. The summed E-state index contributed by atoms with van der Waals surface area (Å²) in [6.07, 6.45) is 0. The van der Waals surface area contributed by atoms with Crippen molar-refractivity contribution in [2.75, 3.05) is 32.9 Å². The summed E-state index contributed by atoms with van der Waals surface area (Å²) in [5.41, 5.74) is 0.372. The average Bonchev–Trinajstić information content (AvgIpc) is 2.52. The van der Waals surface area contributed by atoms with Crippen LogP contribution in [0.1, 0.15) is 24.2 Å². The molecule has 2 amide bonds. The molecule has 0 saturated heterocycles. The fraction of sp³-hybridized carbons (Fsp3) is 0.500. The summed E-state index contributed by atoms with van der Waals surface area (Å²) in [4.78, 5) is 24.9. The first kappa shape index (κ1) is 20.1. The van der Waals surface area contributed by atoms with Gasteiger partial charge in [0, 0.05) is 32.2 Å². The highest BCUT2D eigenvalue weighted by Gasteiger charge is 2.20. The van der Waals surface area contributed by atoms with E-state index in [4.69, 9.17) is 0 Å². The van der Waals surface area contributed by atoms with Gasteiger partial charge in [-0.15, -0.1) is 0 Å². The number of nitrogens with one attached hydrogen (secondary N) is 2. The molecular formula is C16H25N3O4S. The Balaban J connectivity index is 2.74. The first-order valence-corrected chi connectivity index (χ1v) is 9.37. The molecule has 0 fully saturated rings. The molecule has 0 aliphatic heterocycles. The number of carbonyl (C=O) groups excluding carboxylic acids is 2. The molecule has 2 N–H and O–H groups in total. The van der Waals surface area contributed by atoms with Crippen molar-refractivity contribution in [3.05, 3.63) is 29.8 Å². The van der Waals surface area contributed by atoms with Gasteiger partial charge in [-0.1, -0.05) is 6.92 Å². The standard InChI is InChI=1S/C16H25N3O4S/c1-5-17-12(2)10-18-16(21)13-6-8-14(9-7-13)24(22,23)11-15(20)19(3)4/h6-9,12,17H,5,10-11H2,1-4H3,(H,18,21)/t12-/m1/s1. The third kappa shape index (κ3) is 5.93. The van der Waals surface area contributed by atoms with Crippen LogP contribution in [-0.2, 0) is 14.6 Å². The Bertz CT molecular complexity index is 669. The average molecular weight is 355 g/mol. The van der Waals surface area contributed by atoms with E-state index >= 15 is 0 Å². The monoisotopic (exact) mass is 355 g/mol. The summed E-state index contributed by atoms with van der Waals surface area (Å²) < 4.78 is 24.3. The number of nitrogens with zero attached hydrogens (tertiary/aromatic N) is 1. The summed E-state index contributed by atoms with van der Waals surface area (Å²) in [5, 5.41) is 5.96. The van der Waals surface area contributed by atoms with E-state index in [1.807, 2.05) is 13.8 Å². The van der Waals surface area contributed by atoms with Crippen molar-refractivity contribution < 1.29 is 18.0 Å². The maximum Gasteiger partial charge on any atom is 0.251 e. The SMILES string of the molecule is CCN[C@H](C)CNC(=O)c1ccc(S(=O)(=O)CC(=O)N(C)C)cc1. The molecular weight excluding hydrogens is 330 g/mol.